The molecule has 1 amide bonds. The van der Waals surface area contributed by atoms with E-state index in [1.807, 2.05) is 109 Å². The minimum Gasteiger partial charge on any atom is -0.320 e. The number of carbonyl (C=O) groups is 2. The molecule has 238 valence electrons. The van der Waals surface area contributed by atoms with Gasteiger partial charge in [-0.15, -0.1) is 0 Å². The molecule has 4 nitrogen and oxygen atoms in total. The van der Waals surface area contributed by atoms with Crippen molar-refractivity contribution in [2.45, 2.75) is 57.3 Å². The standard InChI is InChI=1S/C16H14BrNO.C11H12O.C6H4BrI.C5H13N/c17-13-6-8-14(9-7-13)18-11-10-15(16(18)19)12-4-2-1-3-5-12;12-11-8-4-7-10(11)9-5-2-1-3-6-9;7-5-1-3-6(8)4-2-5;1-3-4-5-6-2/h1-9,15H,10-11H2;1-3,5-6,10H,4,7-8H2;1-4H;6H,3-5H2,1-2H3. The number of rotatable bonds is 6. The van der Waals surface area contributed by atoms with Crippen LogP contribution in [0.2, 0.25) is 0 Å². The maximum atomic E-state index is 12.5. The molecule has 2 aliphatic rings. The van der Waals surface area contributed by atoms with Gasteiger partial charge in [0.1, 0.15) is 5.78 Å². The largest absolute Gasteiger partial charge is 0.320 e. The Kier molecular flexibility index (Phi) is 17.1. The summed E-state index contributed by atoms with van der Waals surface area (Å²) >= 11 is 9.03. The number of halogens is 3. The summed E-state index contributed by atoms with van der Waals surface area (Å²) in [6.45, 7) is 4.15. The lowest BCUT2D eigenvalue weighted by molar-refractivity contribution is -0.119. The Balaban J connectivity index is 0.000000182. The fourth-order valence-corrected chi connectivity index (χ4v) is 6.08. The molecule has 6 rings (SSSR count). The lowest BCUT2D eigenvalue weighted by Crippen LogP contribution is -2.26. The van der Waals surface area contributed by atoms with Crippen LogP contribution in [0.4, 0.5) is 5.69 Å². The first kappa shape index (κ1) is 37.1. The third-order valence-corrected chi connectivity index (χ3v) is 9.41. The van der Waals surface area contributed by atoms with E-state index < -0.39 is 0 Å². The van der Waals surface area contributed by atoms with Crippen LogP contribution in [-0.4, -0.2) is 31.8 Å². The number of nitrogens with one attached hydrogen (secondary N) is 1. The summed E-state index contributed by atoms with van der Waals surface area (Å²) in [6, 6.07) is 36.2. The first-order valence-electron chi connectivity index (χ1n) is 15.6. The number of amides is 1. The zero-order valence-corrected chi connectivity index (χ0v) is 31.4. The van der Waals surface area contributed by atoms with Gasteiger partial charge in [0.2, 0.25) is 5.91 Å². The number of Topliss-reactive ketones (excluding diaryl/α,β-unsaturated/α-hetero) is 1. The predicted molar refractivity (Wildman–Crippen MR) is 204 cm³/mol. The molecule has 45 heavy (non-hydrogen) atoms. The van der Waals surface area contributed by atoms with Gasteiger partial charge in [0.25, 0.3) is 0 Å². The third-order valence-electron chi connectivity index (χ3n) is 7.64. The molecule has 0 aromatic heterocycles. The highest BCUT2D eigenvalue weighted by molar-refractivity contribution is 14.1. The molecule has 4 aromatic carbocycles. The zero-order valence-electron chi connectivity index (χ0n) is 26.1. The average Bonchev–Trinajstić information content (AvgIpc) is 3.68. The Morgan fingerprint density at radius 3 is 1.73 bits per heavy atom. The highest BCUT2D eigenvalue weighted by atomic mass is 127. The van der Waals surface area contributed by atoms with E-state index in [-0.39, 0.29) is 17.7 Å². The normalized spacial score (nSPS) is 17.0. The average molecular weight is 846 g/mol. The van der Waals surface area contributed by atoms with Gasteiger partial charge >= 0.3 is 0 Å². The van der Waals surface area contributed by atoms with Crippen molar-refractivity contribution in [2.24, 2.45) is 0 Å². The van der Waals surface area contributed by atoms with Gasteiger partial charge in [0, 0.05) is 37.1 Å². The van der Waals surface area contributed by atoms with Crippen LogP contribution in [0.5, 0.6) is 0 Å². The summed E-state index contributed by atoms with van der Waals surface area (Å²) in [4.78, 5) is 25.8. The Bertz CT molecular complexity index is 1390. The van der Waals surface area contributed by atoms with Gasteiger partial charge in [0.05, 0.1) is 5.92 Å². The first-order valence-corrected chi connectivity index (χ1v) is 18.3. The number of hydrogen-bond acceptors (Lipinski definition) is 3. The van der Waals surface area contributed by atoms with Crippen molar-refractivity contribution in [2.75, 3.05) is 25.0 Å². The molecule has 2 unspecified atom stereocenters. The number of hydrogen-bond donors (Lipinski definition) is 1. The van der Waals surface area contributed by atoms with Gasteiger partial charge in [-0.25, -0.2) is 0 Å². The van der Waals surface area contributed by atoms with Crippen molar-refractivity contribution in [1.82, 2.24) is 5.32 Å². The van der Waals surface area contributed by atoms with Crippen LogP contribution in [0.25, 0.3) is 0 Å². The number of nitrogens with zero attached hydrogens (tertiary/aromatic N) is 1. The molecule has 0 radical (unpaired) electrons. The SMILES string of the molecule is Brc1ccc(I)cc1.CCCCNC.O=C1C(c2ccccc2)CCN1c1ccc(Br)cc1.O=C1CCCC1c1ccccc1. The van der Waals surface area contributed by atoms with E-state index in [1.54, 1.807) is 0 Å². The maximum Gasteiger partial charge on any atom is 0.234 e. The van der Waals surface area contributed by atoms with E-state index in [0.29, 0.717) is 5.78 Å². The summed E-state index contributed by atoms with van der Waals surface area (Å²) in [5.41, 5.74) is 3.29. The molecule has 2 atom stereocenters. The van der Waals surface area contributed by atoms with Crippen LogP contribution in [0.1, 0.15) is 68.4 Å². The van der Waals surface area contributed by atoms with Crippen LogP contribution in [0, 0.1) is 3.57 Å². The molecule has 7 heteroatoms. The highest BCUT2D eigenvalue weighted by Crippen LogP contribution is 2.33. The molecule has 1 saturated heterocycles. The van der Waals surface area contributed by atoms with Crippen molar-refractivity contribution < 1.29 is 9.59 Å². The van der Waals surface area contributed by atoms with Gasteiger partial charge < -0.3 is 10.2 Å². The molecule has 0 bridgehead atoms. The second kappa shape index (κ2) is 20.7. The molecule has 2 fully saturated rings. The van der Waals surface area contributed by atoms with Crippen LogP contribution < -0.4 is 10.2 Å². The molecule has 1 heterocycles. The van der Waals surface area contributed by atoms with Crippen molar-refractivity contribution in [1.29, 1.82) is 0 Å². The van der Waals surface area contributed by atoms with Crippen LogP contribution in [0.15, 0.2) is 118 Å². The second-order valence-corrected chi connectivity index (χ2v) is 14.0. The molecule has 1 aliphatic carbocycles. The van der Waals surface area contributed by atoms with E-state index in [0.717, 1.165) is 59.0 Å². The van der Waals surface area contributed by atoms with Crippen LogP contribution in [0.3, 0.4) is 0 Å². The zero-order chi connectivity index (χ0) is 32.4. The van der Waals surface area contributed by atoms with Gasteiger partial charge in [-0.1, -0.05) is 106 Å². The van der Waals surface area contributed by atoms with Crippen molar-refractivity contribution in [3.05, 3.63) is 133 Å². The highest BCUT2D eigenvalue weighted by Gasteiger charge is 2.33. The summed E-state index contributed by atoms with van der Waals surface area (Å²) in [6.07, 6.45) is 6.37. The smallest absolute Gasteiger partial charge is 0.234 e. The molecule has 4 aromatic rings. The van der Waals surface area contributed by atoms with Gasteiger partial charge in [-0.3, -0.25) is 9.59 Å². The number of unbranched alkanes of at least 4 members (excludes halogenated alkanes) is 1. The van der Waals surface area contributed by atoms with E-state index in [9.17, 15) is 9.59 Å². The third kappa shape index (κ3) is 12.8. The van der Waals surface area contributed by atoms with Crippen molar-refractivity contribution >= 4 is 71.8 Å². The lowest BCUT2D eigenvalue weighted by Gasteiger charge is -2.17. The Labute approximate surface area is 299 Å². The molecule has 1 N–H and O–H groups in total. The summed E-state index contributed by atoms with van der Waals surface area (Å²) in [5, 5.41) is 3.07. The molecule has 0 spiro atoms. The quantitative estimate of drug-likeness (QED) is 0.155. The number of ketones is 1. The first-order chi connectivity index (χ1) is 21.8. The van der Waals surface area contributed by atoms with E-state index >= 15 is 0 Å². The Morgan fingerprint density at radius 2 is 1.29 bits per heavy atom. The van der Waals surface area contributed by atoms with Crippen molar-refractivity contribution in [3.63, 3.8) is 0 Å². The van der Waals surface area contributed by atoms with Crippen LogP contribution >= 0.6 is 54.5 Å². The summed E-state index contributed by atoms with van der Waals surface area (Å²) in [7, 11) is 1.98. The van der Waals surface area contributed by atoms with Gasteiger partial charge in [-0.2, -0.15) is 0 Å². The summed E-state index contributed by atoms with van der Waals surface area (Å²) < 4.78 is 3.44. The molecule has 1 aliphatic heterocycles. The van der Waals surface area contributed by atoms with Gasteiger partial charge in [0.15, 0.2) is 0 Å². The number of benzene rings is 4. The molecule has 1 saturated carbocycles. The summed E-state index contributed by atoms with van der Waals surface area (Å²) in [5.74, 6) is 0.825. The Morgan fingerprint density at radius 1 is 0.756 bits per heavy atom. The minimum atomic E-state index is 0.00449. The molecular formula is C38H43Br2IN2O2. The number of anilines is 1. The van der Waals surface area contributed by atoms with Crippen LogP contribution in [-0.2, 0) is 9.59 Å². The Hall–Kier alpha value is -2.33. The predicted octanol–water partition coefficient (Wildman–Crippen LogP) is 10.6. The monoisotopic (exact) mass is 844 g/mol. The number of carbonyl (C=O) groups excluding carboxylic acids is 2. The fraction of sp³-hybridized carbons (Fsp3) is 0.316. The van der Waals surface area contributed by atoms with Crippen molar-refractivity contribution in [3.8, 4) is 0 Å². The topological polar surface area (TPSA) is 49.4 Å². The van der Waals surface area contributed by atoms with Gasteiger partial charge in [-0.05, 0) is 122 Å². The second-order valence-electron chi connectivity index (χ2n) is 10.9. The maximum absolute atomic E-state index is 12.5. The van der Waals surface area contributed by atoms with E-state index in [1.165, 1.54) is 22.0 Å². The minimum absolute atomic E-state index is 0.00449. The van der Waals surface area contributed by atoms with E-state index in [2.05, 4.69) is 78.8 Å². The lowest BCUT2D eigenvalue weighted by atomic mass is 9.97. The molecular weight excluding hydrogens is 803 g/mol. The van der Waals surface area contributed by atoms with E-state index in [4.69, 9.17) is 0 Å². The fourth-order valence-electron chi connectivity index (χ4n) is 5.19.